The monoisotopic (exact) mass is 754 g/mol. The molecule has 6 rings (SSSR count). The van der Waals surface area contributed by atoms with E-state index < -0.39 is 18.2 Å². The molecule has 298 valence electrons. The van der Waals surface area contributed by atoms with E-state index in [1.165, 1.54) is 0 Å². The smallest absolute Gasteiger partial charge is 0.251 e. The number of aliphatic hydroxyl groups is 1. The van der Waals surface area contributed by atoms with Crippen molar-refractivity contribution in [1.82, 2.24) is 20.6 Å². The number of benzene rings is 3. The largest absolute Gasteiger partial charge is 0.493 e. The van der Waals surface area contributed by atoms with E-state index in [2.05, 4.69) is 55.4 Å². The number of hydrogen-bond acceptors (Lipinski definition) is 9. The van der Waals surface area contributed by atoms with Crippen LogP contribution in [0, 0.1) is 22.7 Å². The van der Waals surface area contributed by atoms with Crippen LogP contribution in [0.5, 0.6) is 5.75 Å². The Morgan fingerprint density at radius 3 is 2.42 bits per heavy atom. The summed E-state index contributed by atoms with van der Waals surface area (Å²) in [6, 6.07) is 20.9. The molecule has 0 aromatic heterocycles. The molecule has 55 heavy (non-hydrogen) atoms. The fourth-order valence-corrected chi connectivity index (χ4v) is 9.64. The van der Waals surface area contributed by atoms with Gasteiger partial charge in [-0.15, -0.1) is 0 Å². The number of fused-ring (bicyclic) bond motifs is 1. The minimum Gasteiger partial charge on any atom is -0.493 e. The number of nitrogens with zero attached hydrogens (tertiary/aromatic N) is 3. The van der Waals surface area contributed by atoms with Crippen LogP contribution in [0.2, 0.25) is 0 Å². The Morgan fingerprint density at radius 2 is 1.78 bits per heavy atom. The van der Waals surface area contributed by atoms with Crippen molar-refractivity contribution in [2.24, 2.45) is 28.4 Å². The highest BCUT2D eigenvalue weighted by molar-refractivity contribution is 5.97. The van der Waals surface area contributed by atoms with Crippen molar-refractivity contribution in [3.8, 4) is 16.9 Å². The first-order valence-corrected chi connectivity index (χ1v) is 19.8. The molecule has 3 fully saturated rings. The summed E-state index contributed by atoms with van der Waals surface area (Å²) in [6.07, 6.45) is -0.193. The number of rotatable bonds is 15. The fourth-order valence-electron chi connectivity index (χ4n) is 9.64. The predicted molar refractivity (Wildman–Crippen MR) is 218 cm³/mol. The van der Waals surface area contributed by atoms with Gasteiger partial charge in [-0.3, -0.25) is 14.4 Å². The van der Waals surface area contributed by atoms with Crippen molar-refractivity contribution in [1.29, 1.82) is 0 Å². The first-order valence-electron chi connectivity index (χ1n) is 19.8. The van der Waals surface area contributed by atoms with Gasteiger partial charge < -0.3 is 36.0 Å². The second-order valence-electron chi connectivity index (χ2n) is 17.2. The molecule has 0 radical (unpaired) electrons. The number of anilines is 1. The van der Waals surface area contributed by atoms with Gasteiger partial charge in [0, 0.05) is 61.6 Å². The minimum atomic E-state index is -1.10. The summed E-state index contributed by atoms with van der Waals surface area (Å²) in [7, 11) is 7.93. The summed E-state index contributed by atoms with van der Waals surface area (Å²) >= 11 is 0. The average molecular weight is 755 g/mol. The molecule has 11 nitrogen and oxygen atoms in total. The fraction of sp³-hybridized carbons (Fsp3) is 0.545. The Balaban J connectivity index is 1.27. The van der Waals surface area contributed by atoms with Gasteiger partial charge in [0.05, 0.1) is 13.2 Å². The zero-order valence-electron chi connectivity index (χ0n) is 34.1. The van der Waals surface area contributed by atoms with Gasteiger partial charge in [-0.25, -0.2) is 0 Å². The lowest BCUT2D eigenvalue weighted by molar-refractivity contribution is -0.253. The van der Waals surface area contributed by atoms with Gasteiger partial charge in [0.2, 0.25) is 5.91 Å². The molecular formula is C44H62N6O5. The van der Waals surface area contributed by atoms with Crippen LogP contribution in [0.25, 0.3) is 11.1 Å². The van der Waals surface area contributed by atoms with Crippen molar-refractivity contribution in [3.05, 3.63) is 83.4 Å². The molecule has 1 saturated heterocycles. The molecular weight excluding hydrogens is 693 g/mol. The predicted octanol–water partition coefficient (Wildman–Crippen LogP) is 4.71. The molecule has 0 bridgehead atoms. The van der Waals surface area contributed by atoms with Crippen LogP contribution >= 0.6 is 0 Å². The molecule has 0 spiro atoms. The van der Waals surface area contributed by atoms with Gasteiger partial charge in [-0.05, 0) is 85.9 Å². The van der Waals surface area contributed by atoms with Crippen molar-refractivity contribution >= 4 is 17.5 Å². The first-order chi connectivity index (χ1) is 26.1. The van der Waals surface area contributed by atoms with Gasteiger partial charge in [-0.1, -0.05) is 76.2 Å². The third-order valence-electron chi connectivity index (χ3n) is 13.0. The highest BCUT2D eigenvalue weighted by Gasteiger charge is 2.71. The van der Waals surface area contributed by atoms with Crippen LogP contribution < -0.4 is 26.0 Å². The Kier molecular flexibility index (Phi) is 12.0. The molecule has 11 heteroatoms. The average Bonchev–Trinajstić information content (AvgIpc) is 3.46. The quantitative estimate of drug-likeness (QED) is 0.174. The molecule has 1 heterocycles. The topological polar surface area (TPSA) is 133 Å². The second kappa shape index (κ2) is 16.2. The van der Waals surface area contributed by atoms with Crippen LogP contribution in [-0.2, 0) is 22.6 Å². The van der Waals surface area contributed by atoms with Crippen molar-refractivity contribution in [2.45, 2.75) is 84.3 Å². The van der Waals surface area contributed by atoms with E-state index in [0.29, 0.717) is 42.7 Å². The molecule has 3 aromatic carbocycles. The van der Waals surface area contributed by atoms with E-state index in [0.717, 1.165) is 34.4 Å². The molecule has 2 saturated carbocycles. The summed E-state index contributed by atoms with van der Waals surface area (Å²) in [6.45, 7) is 12.4. The number of hydrogen-bond donors (Lipinski definition) is 4. The normalized spacial score (nSPS) is 27.4. The number of likely N-dealkylation sites (N-methyl/N-ethyl adjacent to an activating group) is 1. The van der Waals surface area contributed by atoms with Gasteiger partial charge in [-0.2, -0.15) is 5.06 Å². The number of nitrogens with two attached hydrogens (primary N) is 1. The number of aliphatic hydroxyl groups excluding tert-OH is 1. The lowest BCUT2D eigenvalue weighted by Crippen LogP contribution is -2.76. The van der Waals surface area contributed by atoms with Crippen molar-refractivity contribution in [3.63, 3.8) is 0 Å². The van der Waals surface area contributed by atoms with Gasteiger partial charge in [0.25, 0.3) is 5.91 Å². The molecule has 3 unspecified atom stereocenters. The Morgan fingerprint density at radius 1 is 1.05 bits per heavy atom. The molecule has 5 N–H and O–H groups in total. The number of carbonyl (C=O) groups is 2. The maximum Gasteiger partial charge on any atom is 0.251 e. The van der Waals surface area contributed by atoms with E-state index >= 15 is 0 Å². The van der Waals surface area contributed by atoms with Crippen LogP contribution in [0.1, 0.15) is 62.5 Å². The molecule has 2 aliphatic carbocycles. The SMILES string of the molecule is CCOc1c(CN2OC(CN)[C@@H](O)[C@H]2C(=O)N[C@H]2C[C@@H]3C(C)(C)[C@@H](C)C23C)cccc1-c1cc(C(=O)NC(Cc2ccccc2)CN(C)C)cc(N(C)C)c1. The summed E-state index contributed by atoms with van der Waals surface area (Å²) in [5.41, 5.74) is 11.3. The van der Waals surface area contributed by atoms with Gasteiger partial charge >= 0.3 is 0 Å². The summed E-state index contributed by atoms with van der Waals surface area (Å²) < 4.78 is 6.36. The number of hydroxylamine groups is 2. The van der Waals surface area contributed by atoms with E-state index in [-0.39, 0.29) is 47.8 Å². The zero-order valence-corrected chi connectivity index (χ0v) is 34.1. The first kappa shape index (κ1) is 40.7. The lowest BCUT2D eigenvalue weighted by Gasteiger charge is -2.75. The third-order valence-corrected chi connectivity index (χ3v) is 13.0. The van der Waals surface area contributed by atoms with Crippen LogP contribution in [0.15, 0.2) is 66.7 Å². The number of ether oxygens (including phenoxy) is 1. The maximum atomic E-state index is 14.0. The minimum absolute atomic E-state index is 0.0319. The standard InChI is InChI=1S/C44H62N6O5/c1-10-54-40-29(25-50-38(39(51)35(24-45)55-50)42(53)47-37-23-36-43(3,4)27(2)44(36,37)5)17-14-18-34(40)30-20-31(22-33(21-30)49(8)9)41(52)46-32(26-48(6)7)19-28-15-12-11-13-16-28/h11-18,20-22,27,32,35-39,51H,10,19,23-26,45H2,1-9H3,(H,46,52)(H,47,53)/t27-,32?,35?,36-,37+,38+,39-,44?/m1/s1. The maximum absolute atomic E-state index is 14.0. The van der Waals surface area contributed by atoms with Crippen molar-refractivity contribution in [2.75, 3.05) is 52.8 Å². The Hall–Kier alpha value is -4.00. The molecule has 8 atom stereocenters. The Bertz CT molecular complexity index is 1820. The second-order valence-corrected chi connectivity index (χ2v) is 17.2. The van der Waals surface area contributed by atoms with E-state index in [1.807, 2.05) is 94.6 Å². The molecule has 3 aromatic rings. The molecule has 1 aliphatic heterocycles. The third kappa shape index (κ3) is 7.87. The number of amides is 2. The highest BCUT2D eigenvalue weighted by atomic mass is 16.7. The summed E-state index contributed by atoms with van der Waals surface area (Å²) in [5, 5.41) is 19.5. The van der Waals surface area contributed by atoms with E-state index in [9.17, 15) is 14.7 Å². The van der Waals surface area contributed by atoms with Gasteiger partial charge in [0.15, 0.2) is 0 Å². The number of carbonyl (C=O) groups excluding carboxylic acids is 2. The highest BCUT2D eigenvalue weighted by Crippen LogP contribution is 2.73. The van der Waals surface area contributed by atoms with Crippen molar-refractivity contribution < 1.29 is 24.3 Å². The number of para-hydroxylation sites is 1. The summed E-state index contributed by atoms with van der Waals surface area (Å²) in [5.74, 6) is 1.23. The summed E-state index contributed by atoms with van der Waals surface area (Å²) in [4.78, 5) is 38.3. The van der Waals surface area contributed by atoms with Gasteiger partial charge in [0.1, 0.15) is 24.0 Å². The van der Waals surface area contributed by atoms with Crippen LogP contribution in [-0.4, -0.2) is 105 Å². The molecule has 2 amide bonds. The Labute approximate surface area is 327 Å². The van der Waals surface area contributed by atoms with E-state index in [4.69, 9.17) is 15.3 Å². The van der Waals surface area contributed by atoms with Crippen LogP contribution in [0.4, 0.5) is 5.69 Å². The molecule has 3 aliphatic rings. The lowest BCUT2D eigenvalue weighted by atomic mass is 9.31. The van der Waals surface area contributed by atoms with E-state index in [1.54, 1.807) is 5.06 Å². The number of nitrogens with one attached hydrogen (secondary N) is 2. The zero-order chi connectivity index (χ0) is 39.8. The van der Waals surface area contributed by atoms with Crippen LogP contribution in [0.3, 0.4) is 0 Å².